The lowest BCUT2D eigenvalue weighted by Crippen LogP contribution is -2.45. The Morgan fingerprint density at radius 3 is 1.97 bits per heavy atom. The van der Waals surface area contributed by atoms with E-state index in [0.29, 0.717) is 12.5 Å². The Labute approximate surface area is 196 Å². The van der Waals surface area contributed by atoms with Gasteiger partial charge in [-0.15, -0.1) is 0 Å². The number of piperidine rings is 1. The van der Waals surface area contributed by atoms with Crippen molar-refractivity contribution in [3.8, 4) is 5.75 Å². The van der Waals surface area contributed by atoms with Crippen molar-refractivity contribution in [2.75, 3.05) is 26.2 Å². The Balaban J connectivity index is 1.36. The zero-order valence-electron chi connectivity index (χ0n) is 18.7. The predicted molar refractivity (Wildman–Crippen MR) is 131 cm³/mol. The van der Waals surface area contributed by atoms with Crippen LogP contribution in [-0.4, -0.2) is 36.2 Å². The lowest BCUT2D eigenvalue weighted by atomic mass is 9.72. The second-order valence-electron chi connectivity index (χ2n) is 8.94. The van der Waals surface area contributed by atoms with Crippen molar-refractivity contribution in [3.05, 3.63) is 101 Å². The molecule has 1 unspecified atom stereocenters. The maximum atomic E-state index is 12.0. The fraction of sp³-hybridized carbons (Fsp3) is 0.357. The molecule has 168 valence electrons. The first-order valence-corrected chi connectivity index (χ1v) is 11.9. The fourth-order valence-electron chi connectivity index (χ4n) is 4.82. The number of halogens is 1. The summed E-state index contributed by atoms with van der Waals surface area (Å²) in [6, 6.07) is 27.8. The molecule has 0 aliphatic carbocycles. The second-order valence-corrected chi connectivity index (χ2v) is 9.38. The number of hydrogen-bond acceptors (Lipinski definition) is 3. The quantitative estimate of drug-likeness (QED) is 0.457. The minimum atomic E-state index is -0.960. The summed E-state index contributed by atoms with van der Waals surface area (Å²) in [7, 11) is 0. The molecule has 0 amide bonds. The highest BCUT2D eigenvalue weighted by atomic mass is 35.5. The second kappa shape index (κ2) is 10.5. The van der Waals surface area contributed by atoms with Gasteiger partial charge in [0.05, 0.1) is 6.61 Å². The molecule has 0 aromatic heterocycles. The minimum Gasteiger partial charge on any atom is -0.493 e. The van der Waals surface area contributed by atoms with Crippen LogP contribution in [-0.2, 0) is 5.60 Å². The SMILES string of the molecule is CC(COc1ccc(Cl)cc1)CN1CCC(C(O)(c2ccccc2)c2ccccc2)CC1. The summed E-state index contributed by atoms with van der Waals surface area (Å²) in [4.78, 5) is 2.50. The molecule has 1 N–H and O–H groups in total. The topological polar surface area (TPSA) is 32.7 Å². The van der Waals surface area contributed by atoms with Gasteiger partial charge in [0.15, 0.2) is 0 Å². The fourth-order valence-corrected chi connectivity index (χ4v) is 4.94. The van der Waals surface area contributed by atoms with Crippen molar-refractivity contribution in [1.29, 1.82) is 0 Å². The molecule has 0 saturated carbocycles. The van der Waals surface area contributed by atoms with Crippen molar-refractivity contribution < 1.29 is 9.84 Å². The van der Waals surface area contributed by atoms with E-state index < -0.39 is 5.60 Å². The van der Waals surface area contributed by atoms with Gasteiger partial charge in [-0.3, -0.25) is 0 Å². The molecule has 0 spiro atoms. The van der Waals surface area contributed by atoms with Gasteiger partial charge in [0, 0.05) is 17.5 Å². The molecule has 4 heteroatoms. The highest BCUT2D eigenvalue weighted by Crippen LogP contribution is 2.41. The number of rotatable bonds is 8. The average Bonchev–Trinajstić information content (AvgIpc) is 2.85. The molecule has 3 aromatic rings. The van der Waals surface area contributed by atoms with Crippen LogP contribution in [0.25, 0.3) is 0 Å². The maximum Gasteiger partial charge on any atom is 0.119 e. The molecule has 32 heavy (non-hydrogen) atoms. The van der Waals surface area contributed by atoms with Crippen LogP contribution in [0.1, 0.15) is 30.9 Å². The smallest absolute Gasteiger partial charge is 0.119 e. The van der Waals surface area contributed by atoms with E-state index >= 15 is 0 Å². The normalized spacial score (nSPS) is 16.6. The molecule has 1 heterocycles. The summed E-state index contributed by atoms with van der Waals surface area (Å²) in [5, 5.41) is 12.8. The number of ether oxygens (including phenoxy) is 1. The van der Waals surface area contributed by atoms with E-state index in [-0.39, 0.29) is 5.92 Å². The van der Waals surface area contributed by atoms with E-state index in [1.54, 1.807) is 0 Å². The largest absolute Gasteiger partial charge is 0.493 e. The van der Waals surface area contributed by atoms with Gasteiger partial charge in [-0.1, -0.05) is 79.2 Å². The van der Waals surface area contributed by atoms with Crippen LogP contribution in [0.4, 0.5) is 0 Å². The van der Waals surface area contributed by atoms with Crippen molar-refractivity contribution in [3.63, 3.8) is 0 Å². The van der Waals surface area contributed by atoms with Crippen LogP contribution < -0.4 is 4.74 Å². The van der Waals surface area contributed by atoms with Crippen LogP contribution in [0.5, 0.6) is 5.75 Å². The first kappa shape index (κ1) is 22.8. The molecular weight excluding hydrogens is 418 g/mol. The van der Waals surface area contributed by atoms with Gasteiger partial charge >= 0.3 is 0 Å². The molecule has 3 aromatic carbocycles. The summed E-state index contributed by atoms with van der Waals surface area (Å²) in [6.45, 7) is 5.87. The van der Waals surface area contributed by atoms with Crippen molar-refractivity contribution in [2.24, 2.45) is 11.8 Å². The van der Waals surface area contributed by atoms with Crippen LogP contribution in [0, 0.1) is 11.8 Å². The Kier molecular flexibility index (Phi) is 7.51. The number of hydrogen-bond donors (Lipinski definition) is 1. The lowest BCUT2D eigenvalue weighted by molar-refractivity contribution is -0.0164. The third-order valence-corrected chi connectivity index (χ3v) is 6.78. The van der Waals surface area contributed by atoms with Gasteiger partial charge in [0.2, 0.25) is 0 Å². The van der Waals surface area contributed by atoms with Gasteiger partial charge < -0.3 is 14.7 Å². The third kappa shape index (κ3) is 5.35. The molecule has 1 aliphatic rings. The lowest BCUT2D eigenvalue weighted by Gasteiger charge is -2.42. The molecule has 1 saturated heterocycles. The van der Waals surface area contributed by atoms with E-state index in [0.717, 1.165) is 54.4 Å². The summed E-state index contributed by atoms with van der Waals surface area (Å²) >= 11 is 5.95. The number of benzene rings is 3. The Bertz CT molecular complexity index is 914. The molecule has 0 bridgehead atoms. The monoisotopic (exact) mass is 449 g/mol. The highest BCUT2D eigenvalue weighted by molar-refractivity contribution is 6.30. The predicted octanol–water partition coefficient (Wildman–Crippen LogP) is 6.00. The molecule has 0 radical (unpaired) electrons. The Morgan fingerprint density at radius 2 is 1.44 bits per heavy atom. The van der Waals surface area contributed by atoms with Crippen LogP contribution >= 0.6 is 11.6 Å². The molecule has 4 rings (SSSR count). The van der Waals surface area contributed by atoms with Crippen LogP contribution in [0.15, 0.2) is 84.9 Å². The highest BCUT2D eigenvalue weighted by Gasteiger charge is 2.41. The number of nitrogens with zero attached hydrogens (tertiary/aromatic N) is 1. The van der Waals surface area contributed by atoms with Gasteiger partial charge in [-0.05, 0) is 67.2 Å². The summed E-state index contributed by atoms with van der Waals surface area (Å²) in [5.41, 5.74) is 1.00. The molecular formula is C28H32ClNO2. The maximum absolute atomic E-state index is 12.0. The summed E-state index contributed by atoms with van der Waals surface area (Å²) in [5.74, 6) is 1.46. The van der Waals surface area contributed by atoms with Crippen molar-refractivity contribution >= 4 is 11.6 Å². The van der Waals surface area contributed by atoms with Gasteiger partial charge in [-0.2, -0.15) is 0 Å². The first-order valence-electron chi connectivity index (χ1n) is 11.5. The minimum absolute atomic E-state index is 0.184. The standard InChI is InChI=1S/C28H32ClNO2/c1-22(21-32-27-14-12-26(29)13-15-27)20-30-18-16-25(17-19-30)28(31,23-8-4-2-5-9-23)24-10-6-3-7-11-24/h2-15,22,25,31H,16-21H2,1H3. The third-order valence-electron chi connectivity index (χ3n) is 6.52. The van der Waals surface area contributed by atoms with Gasteiger partial charge in [0.25, 0.3) is 0 Å². The number of aliphatic hydroxyl groups is 1. The van der Waals surface area contributed by atoms with E-state index in [2.05, 4.69) is 36.1 Å². The van der Waals surface area contributed by atoms with Gasteiger partial charge in [0.1, 0.15) is 11.4 Å². The Morgan fingerprint density at radius 1 is 0.906 bits per heavy atom. The van der Waals surface area contributed by atoms with Gasteiger partial charge in [-0.25, -0.2) is 0 Å². The Hall–Kier alpha value is -2.33. The summed E-state index contributed by atoms with van der Waals surface area (Å²) in [6.07, 6.45) is 1.93. The first-order chi connectivity index (χ1) is 15.6. The zero-order valence-corrected chi connectivity index (χ0v) is 19.4. The molecule has 1 fully saturated rings. The number of likely N-dealkylation sites (tertiary alicyclic amines) is 1. The molecule has 3 nitrogen and oxygen atoms in total. The summed E-state index contributed by atoms with van der Waals surface area (Å²) < 4.78 is 5.93. The van der Waals surface area contributed by atoms with Crippen LogP contribution in [0.3, 0.4) is 0 Å². The molecule has 1 atom stereocenters. The van der Waals surface area contributed by atoms with Crippen LogP contribution in [0.2, 0.25) is 5.02 Å². The zero-order chi connectivity index (χ0) is 22.4. The van der Waals surface area contributed by atoms with E-state index in [1.807, 2.05) is 60.7 Å². The van der Waals surface area contributed by atoms with E-state index in [4.69, 9.17) is 16.3 Å². The van der Waals surface area contributed by atoms with E-state index in [1.165, 1.54) is 0 Å². The average molecular weight is 450 g/mol. The van der Waals surface area contributed by atoms with E-state index in [9.17, 15) is 5.11 Å². The van der Waals surface area contributed by atoms with Crippen molar-refractivity contribution in [2.45, 2.75) is 25.4 Å². The molecule has 1 aliphatic heterocycles. The van der Waals surface area contributed by atoms with Crippen molar-refractivity contribution in [1.82, 2.24) is 4.90 Å².